The third-order valence-corrected chi connectivity index (χ3v) is 6.80. The van der Waals surface area contributed by atoms with E-state index in [-0.39, 0.29) is 5.56 Å². The van der Waals surface area contributed by atoms with Crippen molar-refractivity contribution in [3.63, 3.8) is 0 Å². The van der Waals surface area contributed by atoms with E-state index in [1.54, 1.807) is 26.0 Å². The average Bonchev–Trinajstić information content (AvgIpc) is 3.37. The van der Waals surface area contributed by atoms with Crippen LogP contribution in [0.15, 0.2) is 57.6 Å². The van der Waals surface area contributed by atoms with Gasteiger partial charge >= 0.3 is 0 Å². The fourth-order valence-electron chi connectivity index (χ4n) is 4.10. The number of rotatable bonds is 8. The molecular weight excluding hydrogens is 464 g/mol. The standard InChI is InChI=1S/C26H30N4O4S/c1-7-13-29-20(18-14-21(32-4)24(34-6)22(15-18)33-5)16-35-26(29)27-23-17(2)28(3)30(25(23)31)19-11-9-8-10-12-19/h8-12,14-16H,7,13H2,1-6H3. The van der Waals surface area contributed by atoms with Crippen molar-refractivity contribution in [2.24, 2.45) is 12.0 Å². The van der Waals surface area contributed by atoms with E-state index in [2.05, 4.69) is 11.5 Å². The molecule has 0 spiro atoms. The van der Waals surface area contributed by atoms with Crippen molar-refractivity contribution in [1.29, 1.82) is 0 Å². The van der Waals surface area contributed by atoms with Crippen LogP contribution in [0.3, 0.4) is 0 Å². The van der Waals surface area contributed by atoms with Gasteiger partial charge in [0, 0.05) is 24.5 Å². The van der Waals surface area contributed by atoms with E-state index in [0.29, 0.717) is 22.9 Å². The summed E-state index contributed by atoms with van der Waals surface area (Å²) in [4.78, 5) is 19.0. The molecule has 0 aliphatic heterocycles. The molecule has 9 heteroatoms. The molecular formula is C26H30N4O4S. The largest absolute Gasteiger partial charge is 0.493 e. The maximum atomic E-state index is 13.4. The molecule has 0 aliphatic rings. The average molecular weight is 495 g/mol. The molecule has 0 saturated carbocycles. The Bertz CT molecular complexity index is 1440. The van der Waals surface area contributed by atoms with Crippen molar-refractivity contribution >= 4 is 17.0 Å². The van der Waals surface area contributed by atoms with Crippen LogP contribution in [0.5, 0.6) is 17.2 Å². The minimum absolute atomic E-state index is 0.151. The Morgan fingerprint density at radius 3 is 2.23 bits per heavy atom. The summed E-state index contributed by atoms with van der Waals surface area (Å²) in [6.07, 6.45) is 0.906. The summed E-state index contributed by atoms with van der Waals surface area (Å²) in [5.74, 6) is 1.71. The van der Waals surface area contributed by atoms with E-state index in [1.165, 1.54) is 11.3 Å². The molecule has 4 rings (SSSR count). The van der Waals surface area contributed by atoms with Gasteiger partial charge in [0.25, 0.3) is 5.56 Å². The Kier molecular flexibility index (Phi) is 7.16. The van der Waals surface area contributed by atoms with Gasteiger partial charge in [0.2, 0.25) is 5.75 Å². The second-order valence-corrected chi connectivity index (χ2v) is 8.83. The zero-order valence-electron chi connectivity index (χ0n) is 20.9. The van der Waals surface area contributed by atoms with Crippen molar-refractivity contribution in [2.75, 3.05) is 21.3 Å². The van der Waals surface area contributed by atoms with Crippen molar-refractivity contribution in [2.45, 2.75) is 26.8 Å². The summed E-state index contributed by atoms with van der Waals surface area (Å²) in [5.41, 5.74) is 3.75. The van der Waals surface area contributed by atoms with Crippen molar-refractivity contribution in [1.82, 2.24) is 13.9 Å². The third kappa shape index (κ3) is 4.39. The molecule has 0 bridgehead atoms. The van der Waals surface area contributed by atoms with E-state index in [0.717, 1.165) is 40.4 Å². The van der Waals surface area contributed by atoms with Gasteiger partial charge in [-0.2, -0.15) is 0 Å². The summed E-state index contributed by atoms with van der Waals surface area (Å²) in [7, 11) is 6.67. The van der Waals surface area contributed by atoms with Gasteiger partial charge in [-0.15, -0.1) is 11.3 Å². The molecule has 4 aromatic rings. The summed E-state index contributed by atoms with van der Waals surface area (Å²) in [6.45, 7) is 4.77. The first kappa shape index (κ1) is 24.4. The van der Waals surface area contributed by atoms with Crippen LogP contribution in [-0.2, 0) is 13.6 Å². The lowest BCUT2D eigenvalue weighted by molar-refractivity contribution is 0.324. The zero-order chi connectivity index (χ0) is 25.1. The molecule has 2 aromatic carbocycles. The predicted octanol–water partition coefficient (Wildman–Crippen LogP) is 4.68. The van der Waals surface area contributed by atoms with Crippen molar-refractivity contribution in [3.05, 3.63) is 68.7 Å². The smallest absolute Gasteiger partial charge is 0.297 e. The fraction of sp³-hybridized carbons (Fsp3) is 0.308. The van der Waals surface area contributed by atoms with Crippen molar-refractivity contribution in [3.8, 4) is 34.2 Å². The number of thiazole rings is 1. The second-order valence-electron chi connectivity index (χ2n) is 7.99. The lowest BCUT2D eigenvalue weighted by Gasteiger charge is -2.15. The Morgan fingerprint density at radius 1 is 1.00 bits per heavy atom. The predicted molar refractivity (Wildman–Crippen MR) is 139 cm³/mol. The Labute approximate surface area is 208 Å². The van der Waals surface area contributed by atoms with E-state index in [1.807, 2.05) is 66.5 Å². The number of para-hydroxylation sites is 1. The molecule has 0 saturated heterocycles. The summed E-state index contributed by atoms with van der Waals surface area (Å²) < 4.78 is 22.2. The number of methoxy groups -OCH3 is 3. The minimum atomic E-state index is -0.151. The first-order valence-corrected chi connectivity index (χ1v) is 12.2. The molecule has 0 amide bonds. The van der Waals surface area contributed by atoms with Gasteiger partial charge in [-0.1, -0.05) is 25.1 Å². The van der Waals surface area contributed by atoms with Crippen LogP contribution in [-0.4, -0.2) is 35.3 Å². The first-order valence-electron chi connectivity index (χ1n) is 11.3. The normalized spacial score (nSPS) is 11.7. The van der Waals surface area contributed by atoms with Gasteiger partial charge in [0.1, 0.15) is 0 Å². The fourth-order valence-corrected chi connectivity index (χ4v) is 5.04. The van der Waals surface area contributed by atoms with Gasteiger partial charge in [0.15, 0.2) is 22.0 Å². The molecule has 8 nitrogen and oxygen atoms in total. The van der Waals surface area contributed by atoms with Gasteiger partial charge in [-0.05, 0) is 37.6 Å². The van der Waals surface area contributed by atoms with Gasteiger partial charge < -0.3 is 18.8 Å². The van der Waals surface area contributed by atoms with Crippen LogP contribution in [0.1, 0.15) is 19.0 Å². The first-order chi connectivity index (χ1) is 16.9. The number of aromatic nitrogens is 3. The molecule has 0 atom stereocenters. The zero-order valence-corrected chi connectivity index (χ0v) is 21.7. The monoisotopic (exact) mass is 494 g/mol. The van der Waals surface area contributed by atoms with Gasteiger partial charge in [-0.3, -0.25) is 9.48 Å². The number of nitrogens with zero attached hydrogens (tertiary/aromatic N) is 4. The van der Waals surface area contributed by atoms with E-state index in [9.17, 15) is 4.79 Å². The van der Waals surface area contributed by atoms with Crippen LogP contribution in [0, 0.1) is 6.92 Å². The number of ether oxygens (including phenoxy) is 3. The maximum Gasteiger partial charge on any atom is 0.297 e. The highest BCUT2D eigenvalue weighted by atomic mass is 32.1. The minimum Gasteiger partial charge on any atom is -0.493 e. The van der Waals surface area contributed by atoms with Crippen LogP contribution in [0.4, 0.5) is 5.69 Å². The number of hydrogen-bond acceptors (Lipinski definition) is 6. The topological polar surface area (TPSA) is 71.9 Å². The summed E-state index contributed by atoms with van der Waals surface area (Å²) in [6, 6.07) is 13.4. The lowest BCUT2D eigenvalue weighted by atomic mass is 10.1. The van der Waals surface area contributed by atoms with E-state index < -0.39 is 0 Å². The highest BCUT2D eigenvalue weighted by molar-refractivity contribution is 7.07. The third-order valence-electron chi connectivity index (χ3n) is 5.94. The van der Waals surface area contributed by atoms with Crippen LogP contribution < -0.4 is 24.6 Å². The van der Waals surface area contributed by atoms with Crippen LogP contribution >= 0.6 is 11.3 Å². The molecule has 2 aromatic heterocycles. The molecule has 0 unspecified atom stereocenters. The van der Waals surface area contributed by atoms with E-state index >= 15 is 0 Å². The highest BCUT2D eigenvalue weighted by Crippen LogP contribution is 2.41. The number of benzene rings is 2. The molecule has 2 heterocycles. The Morgan fingerprint density at radius 2 is 1.66 bits per heavy atom. The summed E-state index contributed by atoms with van der Waals surface area (Å²) >= 11 is 1.50. The second kappa shape index (κ2) is 10.3. The number of hydrogen-bond donors (Lipinski definition) is 0. The molecule has 0 N–H and O–H groups in total. The highest BCUT2D eigenvalue weighted by Gasteiger charge is 2.19. The SMILES string of the molecule is CCCn1c(-c2cc(OC)c(OC)c(OC)c2)csc1=Nc1c(C)n(C)n(-c2ccccc2)c1=O. The quantitative estimate of drug-likeness (QED) is 0.357. The van der Waals surface area contributed by atoms with Crippen LogP contribution in [0.25, 0.3) is 16.9 Å². The molecule has 184 valence electrons. The molecule has 0 aliphatic carbocycles. The van der Waals surface area contributed by atoms with Gasteiger partial charge in [-0.25, -0.2) is 9.67 Å². The summed E-state index contributed by atoms with van der Waals surface area (Å²) in [5, 5.41) is 2.04. The Hall–Kier alpha value is -3.72. The maximum absolute atomic E-state index is 13.4. The molecule has 35 heavy (non-hydrogen) atoms. The van der Waals surface area contributed by atoms with Crippen molar-refractivity contribution < 1.29 is 14.2 Å². The Balaban J connectivity index is 1.91. The van der Waals surface area contributed by atoms with E-state index in [4.69, 9.17) is 19.2 Å². The molecule has 0 radical (unpaired) electrons. The van der Waals surface area contributed by atoms with Crippen LogP contribution in [0.2, 0.25) is 0 Å². The molecule has 0 fully saturated rings. The lowest BCUT2D eigenvalue weighted by Crippen LogP contribution is -2.20. The van der Waals surface area contributed by atoms with Gasteiger partial charge in [0.05, 0.1) is 38.4 Å².